The normalized spacial score (nSPS) is 15.0. The van der Waals surface area contributed by atoms with Crippen molar-refractivity contribution < 1.29 is 0 Å². The molecule has 80 valence electrons. The van der Waals surface area contributed by atoms with Gasteiger partial charge in [-0.15, -0.1) is 0 Å². The minimum absolute atomic E-state index is 0.254. The first-order valence-electron chi connectivity index (χ1n) is 5.32. The quantitative estimate of drug-likeness (QED) is 0.707. The van der Waals surface area contributed by atoms with Gasteiger partial charge in [0.1, 0.15) is 0 Å². The number of rotatable bonds is 5. The van der Waals surface area contributed by atoms with E-state index < -0.39 is 0 Å². The second-order valence-corrected chi connectivity index (χ2v) is 4.89. The van der Waals surface area contributed by atoms with E-state index in [1.807, 2.05) is 0 Å². The topological polar surface area (TPSA) is 15.3 Å². The largest absolute Gasteiger partial charge is 0.312 e. The first-order chi connectivity index (χ1) is 5.87. The zero-order valence-corrected chi connectivity index (χ0v) is 10.1. The molecule has 1 unspecified atom stereocenters. The van der Waals surface area contributed by atoms with Crippen LogP contribution in [0.2, 0.25) is 0 Å². The van der Waals surface area contributed by atoms with Crippen LogP contribution in [0.5, 0.6) is 0 Å². The third-order valence-electron chi connectivity index (χ3n) is 2.47. The molecule has 0 fully saturated rings. The monoisotopic (exact) mass is 186 g/mol. The second kappa shape index (κ2) is 5.61. The van der Waals surface area contributed by atoms with Crippen LogP contribution in [-0.4, -0.2) is 36.6 Å². The predicted octanol–water partition coefficient (Wildman–Crippen LogP) is 2.10. The zero-order chi connectivity index (χ0) is 10.5. The van der Waals surface area contributed by atoms with Crippen molar-refractivity contribution in [2.75, 3.05) is 20.1 Å². The minimum atomic E-state index is 0.254. The number of nitrogens with zero attached hydrogens (tertiary/aromatic N) is 1. The maximum atomic E-state index is 3.51. The molecule has 0 aliphatic heterocycles. The van der Waals surface area contributed by atoms with Crippen molar-refractivity contribution in [2.24, 2.45) is 0 Å². The Kier molecular flexibility index (Phi) is 5.57. The van der Waals surface area contributed by atoms with E-state index in [0.717, 1.165) is 13.1 Å². The first kappa shape index (κ1) is 12.9. The van der Waals surface area contributed by atoms with Gasteiger partial charge in [-0.3, -0.25) is 0 Å². The average Bonchev–Trinajstić information content (AvgIpc) is 2.00. The van der Waals surface area contributed by atoms with Crippen molar-refractivity contribution in [1.29, 1.82) is 0 Å². The van der Waals surface area contributed by atoms with Crippen LogP contribution in [0, 0.1) is 0 Å². The zero-order valence-electron chi connectivity index (χ0n) is 10.1. The smallest absolute Gasteiger partial charge is 0.00965 e. The lowest BCUT2D eigenvalue weighted by Gasteiger charge is -2.26. The molecule has 0 aliphatic rings. The molecule has 2 heteroatoms. The number of hydrogen-bond acceptors (Lipinski definition) is 2. The fourth-order valence-electron chi connectivity index (χ4n) is 1.19. The van der Waals surface area contributed by atoms with Crippen molar-refractivity contribution in [3.05, 3.63) is 0 Å². The highest BCUT2D eigenvalue weighted by Gasteiger charge is 2.10. The molecule has 0 aromatic carbocycles. The summed E-state index contributed by atoms with van der Waals surface area (Å²) in [5.41, 5.74) is 0.254. The summed E-state index contributed by atoms with van der Waals surface area (Å²) >= 11 is 0. The summed E-state index contributed by atoms with van der Waals surface area (Å²) < 4.78 is 0. The van der Waals surface area contributed by atoms with E-state index in [2.05, 4.69) is 51.9 Å². The van der Waals surface area contributed by atoms with Gasteiger partial charge in [-0.2, -0.15) is 0 Å². The van der Waals surface area contributed by atoms with Crippen molar-refractivity contribution in [3.63, 3.8) is 0 Å². The van der Waals surface area contributed by atoms with E-state index in [4.69, 9.17) is 0 Å². The van der Waals surface area contributed by atoms with Gasteiger partial charge in [0, 0.05) is 11.6 Å². The molecule has 0 amide bonds. The van der Waals surface area contributed by atoms with Crippen LogP contribution in [0.15, 0.2) is 0 Å². The van der Waals surface area contributed by atoms with Crippen LogP contribution in [0.3, 0.4) is 0 Å². The Bertz CT molecular complexity index is 127. The van der Waals surface area contributed by atoms with Crippen LogP contribution in [0.4, 0.5) is 0 Å². The lowest BCUT2D eigenvalue weighted by atomic mass is 10.1. The van der Waals surface area contributed by atoms with Crippen LogP contribution in [0.25, 0.3) is 0 Å². The maximum absolute atomic E-state index is 3.51. The molecule has 0 saturated carbocycles. The summed E-state index contributed by atoms with van der Waals surface area (Å²) in [6, 6.07) is 0.680. The fraction of sp³-hybridized carbons (Fsp3) is 1.00. The van der Waals surface area contributed by atoms with E-state index in [0.29, 0.717) is 6.04 Å². The van der Waals surface area contributed by atoms with Gasteiger partial charge in [0.2, 0.25) is 0 Å². The molecular weight excluding hydrogens is 160 g/mol. The summed E-state index contributed by atoms with van der Waals surface area (Å²) in [7, 11) is 2.18. The third kappa shape index (κ3) is 7.03. The van der Waals surface area contributed by atoms with Gasteiger partial charge in [0.15, 0.2) is 0 Å². The molecule has 0 spiro atoms. The Balaban J connectivity index is 3.53. The molecule has 0 radical (unpaired) electrons. The van der Waals surface area contributed by atoms with E-state index in [1.54, 1.807) is 0 Å². The van der Waals surface area contributed by atoms with Gasteiger partial charge < -0.3 is 10.2 Å². The minimum Gasteiger partial charge on any atom is -0.312 e. The highest BCUT2D eigenvalue weighted by molar-refractivity contribution is 4.72. The molecule has 13 heavy (non-hydrogen) atoms. The molecule has 1 atom stereocenters. The van der Waals surface area contributed by atoms with Gasteiger partial charge in [-0.25, -0.2) is 0 Å². The second-order valence-electron chi connectivity index (χ2n) is 4.89. The Hall–Kier alpha value is -0.0800. The summed E-state index contributed by atoms with van der Waals surface area (Å²) in [5.74, 6) is 0. The average molecular weight is 186 g/mol. The Labute approximate surface area is 83.7 Å². The SMILES string of the molecule is CCN(C)C(C)CCNC(C)(C)C. The van der Waals surface area contributed by atoms with Crippen molar-refractivity contribution in [2.45, 2.75) is 52.6 Å². The Morgan fingerprint density at radius 1 is 1.31 bits per heavy atom. The Morgan fingerprint density at radius 3 is 2.23 bits per heavy atom. The van der Waals surface area contributed by atoms with Crippen molar-refractivity contribution in [1.82, 2.24) is 10.2 Å². The molecule has 2 nitrogen and oxygen atoms in total. The number of hydrogen-bond donors (Lipinski definition) is 1. The van der Waals surface area contributed by atoms with Gasteiger partial charge in [-0.1, -0.05) is 6.92 Å². The third-order valence-corrected chi connectivity index (χ3v) is 2.47. The molecule has 0 aromatic rings. The summed E-state index contributed by atoms with van der Waals surface area (Å²) in [6.45, 7) is 13.4. The van der Waals surface area contributed by atoms with Crippen LogP contribution in [0.1, 0.15) is 41.0 Å². The Morgan fingerprint density at radius 2 is 1.85 bits per heavy atom. The summed E-state index contributed by atoms with van der Waals surface area (Å²) in [5, 5.41) is 3.51. The first-order valence-corrected chi connectivity index (χ1v) is 5.32. The van der Waals surface area contributed by atoms with Gasteiger partial charge in [0.25, 0.3) is 0 Å². The fourth-order valence-corrected chi connectivity index (χ4v) is 1.19. The molecular formula is C11H26N2. The van der Waals surface area contributed by atoms with Crippen LogP contribution >= 0.6 is 0 Å². The number of nitrogens with one attached hydrogen (secondary N) is 1. The van der Waals surface area contributed by atoms with E-state index in [9.17, 15) is 0 Å². The van der Waals surface area contributed by atoms with Gasteiger partial charge in [0.05, 0.1) is 0 Å². The van der Waals surface area contributed by atoms with Crippen LogP contribution < -0.4 is 5.32 Å². The molecule has 0 bridgehead atoms. The highest BCUT2D eigenvalue weighted by atomic mass is 15.1. The molecule has 0 aromatic heterocycles. The van der Waals surface area contributed by atoms with Gasteiger partial charge >= 0.3 is 0 Å². The molecule has 0 heterocycles. The molecule has 0 saturated heterocycles. The molecule has 1 N–H and O–H groups in total. The lowest BCUT2D eigenvalue weighted by Crippen LogP contribution is -2.39. The van der Waals surface area contributed by atoms with E-state index in [-0.39, 0.29) is 5.54 Å². The molecule has 0 aliphatic carbocycles. The van der Waals surface area contributed by atoms with Crippen molar-refractivity contribution >= 4 is 0 Å². The van der Waals surface area contributed by atoms with E-state index >= 15 is 0 Å². The standard InChI is InChI=1S/C11H26N2/c1-7-13(6)10(2)8-9-12-11(3,4)5/h10,12H,7-9H2,1-6H3. The van der Waals surface area contributed by atoms with Crippen LogP contribution in [-0.2, 0) is 0 Å². The predicted molar refractivity (Wildman–Crippen MR) is 60.1 cm³/mol. The maximum Gasteiger partial charge on any atom is 0.00965 e. The van der Waals surface area contributed by atoms with Gasteiger partial charge in [-0.05, 0) is 54.3 Å². The van der Waals surface area contributed by atoms with Crippen molar-refractivity contribution in [3.8, 4) is 0 Å². The van der Waals surface area contributed by atoms with E-state index in [1.165, 1.54) is 6.42 Å². The summed E-state index contributed by atoms with van der Waals surface area (Å²) in [6.07, 6.45) is 1.22. The summed E-state index contributed by atoms with van der Waals surface area (Å²) in [4.78, 5) is 2.38. The lowest BCUT2D eigenvalue weighted by molar-refractivity contribution is 0.250. The molecule has 0 rings (SSSR count). The highest BCUT2D eigenvalue weighted by Crippen LogP contribution is 2.02.